The average molecular weight is 385 g/mol. The summed E-state index contributed by atoms with van der Waals surface area (Å²) in [5.41, 5.74) is 2.46. The molecule has 0 aliphatic carbocycles. The minimum absolute atomic E-state index is 0.0483. The molecule has 3 rings (SSSR count). The van der Waals surface area contributed by atoms with E-state index in [4.69, 9.17) is 10.00 Å². The van der Waals surface area contributed by atoms with Crippen LogP contribution in [-0.2, 0) is 27.1 Å². The molecule has 1 aliphatic rings. The van der Waals surface area contributed by atoms with E-state index in [0.29, 0.717) is 31.9 Å². The van der Waals surface area contributed by atoms with Crippen molar-refractivity contribution in [3.63, 3.8) is 0 Å². The molecule has 0 spiro atoms. The van der Waals surface area contributed by atoms with Crippen LogP contribution in [0.2, 0.25) is 0 Å². The fraction of sp³-hybridized carbons (Fsp3) is 0.381. The lowest BCUT2D eigenvalue weighted by Crippen LogP contribution is -2.41. The number of piperidine rings is 1. The van der Waals surface area contributed by atoms with E-state index in [-0.39, 0.29) is 11.7 Å². The molecule has 1 saturated heterocycles. The smallest absolute Gasteiger partial charge is 0.218 e. The maximum atomic E-state index is 12.7. The molecule has 5 nitrogen and oxygen atoms in total. The van der Waals surface area contributed by atoms with E-state index >= 15 is 0 Å². The Kier molecular flexibility index (Phi) is 6.62. The Morgan fingerprint density at radius 1 is 1.07 bits per heavy atom. The van der Waals surface area contributed by atoms with Crippen molar-refractivity contribution in [2.45, 2.75) is 25.2 Å². The number of ether oxygens (including phenoxy) is 1. The van der Waals surface area contributed by atoms with Gasteiger partial charge >= 0.3 is 0 Å². The molecule has 0 saturated carbocycles. The zero-order valence-electron chi connectivity index (χ0n) is 15.3. The molecule has 0 aromatic heterocycles. The molecule has 27 heavy (non-hydrogen) atoms. The quantitative estimate of drug-likeness (QED) is 0.734. The summed E-state index contributed by atoms with van der Waals surface area (Å²) in [6.07, 6.45) is 1.84. The topological polar surface area (TPSA) is 70.4 Å². The Morgan fingerprint density at radius 2 is 1.81 bits per heavy atom. The van der Waals surface area contributed by atoms with Gasteiger partial charge in [0.15, 0.2) is 0 Å². The second kappa shape index (κ2) is 9.14. The summed E-state index contributed by atoms with van der Waals surface area (Å²) in [5, 5.41) is 8.82. The number of rotatable bonds is 7. The molecule has 2 aromatic rings. The highest BCUT2D eigenvalue weighted by Crippen LogP contribution is 2.22. The molecule has 0 radical (unpaired) electrons. The van der Waals surface area contributed by atoms with Gasteiger partial charge in [0.25, 0.3) is 0 Å². The second-order valence-corrected chi connectivity index (χ2v) is 8.90. The lowest BCUT2D eigenvalue weighted by atomic mass is 10.0. The van der Waals surface area contributed by atoms with Crippen molar-refractivity contribution in [1.29, 1.82) is 5.26 Å². The van der Waals surface area contributed by atoms with Crippen LogP contribution in [0.3, 0.4) is 0 Å². The van der Waals surface area contributed by atoms with Crippen molar-refractivity contribution in [3.8, 4) is 6.07 Å². The maximum absolute atomic E-state index is 12.7. The summed E-state index contributed by atoms with van der Waals surface area (Å²) in [7, 11) is -3.31. The van der Waals surface area contributed by atoms with Gasteiger partial charge in [0.2, 0.25) is 10.0 Å². The standard InChI is InChI=1S/C21H24N2O3S/c22-13-18-8-10-19(11-9-18)15-26-16-21-7-4-12-23(14-21)27(24,25)17-20-5-2-1-3-6-20/h1-3,5-6,8-11,21H,4,7,12,14-17H2. The largest absolute Gasteiger partial charge is 0.376 e. The molecule has 1 heterocycles. The van der Waals surface area contributed by atoms with Crippen LogP contribution in [0, 0.1) is 17.2 Å². The van der Waals surface area contributed by atoms with Crippen LogP contribution in [0.5, 0.6) is 0 Å². The summed E-state index contributed by atoms with van der Waals surface area (Å²) in [6, 6.07) is 18.7. The first kappa shape index (κ1) is 19.6. The summed E-state index contributed by atoms with van der Waals surface area (Å²) in [6.45, 7) is 2.11. The number of nitriles is 1. The first-order chi connectivity index (χ1) is 13.1. The van der Waals surface area contributed by atoms with Crippen LogP contribution < -0.4 is 0 Å². The minimum atomic E-state index is -3.31. The van der Waals surface area contributed by atoms with Gasteiger partial charge in [-0.1, -0.05) is 42.5 Å². The molecule has 2 aromatic carbocycles. The van der Waals surface area contributed by atoms with Crippen molar-refractivity contribution in [3.05, 3.63) is 71.3 Å². The molecular weight excluding hydrogens is 360 g/mol. The Morgan fingerprint density at radius 3 is 2.52 bits per heavy atom. The number of hydrogen-bond donors (Lipinski definition) is 0. The van der Waals surface area contributed by atoms with Crippen molar-refractivity contribution >= 4 is 10.0 Å². The maximum Gasteiger partial charge on any atom is 0.218 e. The number of benzene rings is 2. The van der Waals surface area contributed by atoms with Crippen molar-refractivity contribution in [2.24, 2.45) is 5.92 Å². The Balaban J connectivity index is 1.50. The van der Waals surface area contributed by atoms with Gasteiger partial charge in [-0.2, -0.15) is 5.26 Å². The SMILES string of the molecule is N#Cc1ccc(COCC2CCCN(S(=O)(=O)Cc3ccccc3)C2)cc1. The number of hydrogen-bond acceptors (Lipinski definition) is 4. The third kappa shape index (κ3) is 5.64. The highest BCUT2D eigenvalue weighted by molar-refractivity contribution is 7.88. The van der Waals surface area contributed by atoms with E-state index in [9.17, 15) is 8.42 Å². The van der Waals surface area contributed by atoms with Gasteiger partial charge in [0.05, 0.1) is 30.6 Å². The van der Waals surface area contributed by atoms with Crippen LogP contribution in [0.25, 0.3) is 0 Å². The van der Waals surface area contributed by atoms with Gasteiger partial charge in [0.1, 0.15) is 0 Å². The molecule has 0 bridgehead atoms. The monoisotopic (exact) mass is 384 g/mol. The highest BCUT2D eigenvalue weighted by Gasteiger charge is 2.29. The molecule has 1 unspecified atom stereocenters. The van der Waals surface area contributed by atoms with Gasteiger partial charge in [-0.05, 0) is 42.0 Å². The molecule has 0 N–H and O–H groups in total. The minimum Gasteiger partial charge on any atom is -0.376 e. The van der Waals surface area contributed by atoms with E-state index in [2.05, 4.69) is 6.07 Å². The van der Waals surface area contributed by atoms with Crippen molar-refractivity contribution < 1.29 is 13.2 Å². The highest BCUT2D eigenvalue weighted by atomic mass is 32.2. The predicted molar refractivity (Wildman–Crippen MR) is 104 cm³/mol. The van der Waals surface area contributed by atoms with Crippen LogP contribution in [-0.4, -0.2) is 32.4 Å². The lowest BCUT2D eigenvalue weighted by molar-refractivity contribution is 0.0672. The fourth-order valence-corrected chi connectivity index (χ4v) is 4.95. The van der Waals surface area contributed by atoms with Gasteiger partial charge in [0, 0.05) is 13.1 Å². The summed E-state index contributed by atoms with van der Waals surface area (Å²) >= 11 is 0. The zero-order chi connectivity index (χ0) is 19.1. The predicted octanol–water partition coefficient (Wildman–Crippen LogP) is 3.32. The lowest BCUT2D eigenvalue weighted by Gasteiger charge is -2.31. The zero-order valence-corrected chi connectivity index (χ0v) is 16.1. The van der Waals surface area contributed by atoms with Crippen molar-refractivity contribution in [2.75, 3.05) is 19.7 Å². The third-order valence-corrected chi connectivity index (χ3v) is 6.59. The molecule has 142 valence electrons. The van der Waals surface area contributed by atoms with Crippen LogP contribution >= 0.6 is 0 Å². The third-order valence-electron chi connectivity index (χ3n) is 4.77. The van der Waals surface area contributed by atoms with Crippen LogP contribution in [0.1, 0.15) is 29.5 Å². The summed E-state index contributed by atoms with van der Waals surface area (Å²) in [5.74, 6) is 0.259. The number of nitrogens with zero attached hydrogens (tertiary/aromatic N) is 2. The van der Waals surface area contributed by atoms with E-state index in [0.717, 1.165) is 24.0 Å². The molecule has 1 aliphatic heterocycles. The van der Waals surface area contributed by atoms with Crippen LogP contribution in [0.15, 0.2) is 54.6 Å². The second-order valence-electron chi connectivity index (χ2n) is 6.93. The van der Waals surface area contributed by atoms with E-state index in [1.165, 1.54) is 0 Å². The first-order valence-corrected chi connectivity index (χ1v) is 10.8. The molecule has 6 heteroatoms. The van der Waals surface area contributed by atoms with Gasteiger partial charge in [-0.3, -0.25) is 0 Å². The molecule has 1 atom stereocenters. The summed E-state index contributed by atoms with van der Waals surface area (Å²) in [4.78, 5) is 0. The normalized spacial score (nSPS) is 18.1. The first-order valence-electron chi connectivity index (χ1n) is 9.15. The Hall–Kier alpha value is -2.20. The van der Waals surface area contributed by atoms with E-state index < -0.39 is 10.0 Å². The van der Waals surface area contributed by atoms with E-state index in [1.807, 2.05) is 42.5 Å². The molecular formula is C21H24N2O3S. The van der Waals surface area contributed by atoms with Crippen molar-refractivity contribution in [1.82, 2.24) is 4.31 Å². The summed E-state index contributed by atoms with van der Waals surface area (Å²) < 4.78 is 32.8. The Labute approximate surface area is 161 Å². The van der Waals surface area contributed by atoms with Gasteiger partial charge in [-0.15, -0.1) is 0 Å². The molecule has 0 amide bonds. The molecule has 1 fully saturated rings. The van der Waals surface area contributed by atoms with E-state index in [1.54, 1.807) is 16.4 Å². The van der Waals surface area contributed by atoms with Crippen LogP contribution in [0.4, 0.5) is 0 Å². The van der Waals surface area contributed by atoms with Gasteiger partial charge < -0.3 is 4.74 Å². The number of sulfonamides is 1. The average Bonchev–Trinajstić information content (AvgIpc) is 2.69. The van der Waals surface area contributed by atoms with Gasteiger partial charge in [-0.25, -0.2) is 12.7 Å². The fourth-order valence-electron chi connectivity index (χ4n) is 3.31. The Bertz CT molecular complexity index is 874.